The first-order chi connectivity index (χ1) is 19.6. The zero-order valence-electron chi connectivity index (χ0n) is 25.4. The van der Waals surface area contributed by atoms with Crippen molar-refractivity contribution in [1.29, 1.82) is 0 Å². The summed E-state index contributed by atoms with van der Waals surface area (Å²) < 4.78 is 9.85. The molecule has 0 aromatic rings. The molecule has 0 saturated carbocycles. The van der Waals surface area contributed by atoms with Gasteiger partial charge in [0.1, 0.15) is 23.7 Å². The highest BCUT2D eigenvalue weighted by Gasteiger charge is 2.35. The molecule has 0 saturated heterocycles. The van der Waals surface area contributed by atoms with E-state index in [1.165, 1.54) is 21.0 Å². The predicted octanol–water partition coefficient (Wildman–Crippen LogP) is 0.984. The van der Waals surface area contributed by atoms with E-state index in [-0.39, 0.29) is 5.91 Å². The van der Waals surface area contributed by atoms with Crippen LogP contribution in [0.2, 0.25) is 0 Å². The van der Waals surface area contributed by atoms with E-state index in [9.17, 15) is 28.8 Å². The van der Waals surface area contributed by atoms with Crippen LogP contribution in [0.1, 0.15) is 67.2 Å². The molecule has 42 heavy (non-hydrogen) atoms. The monoisotopic (exact) mass is 591 g/mol. The number of hydrogen-bond donors (Lipinski definition) is 5. The summed E-state index contributed by atoms with van der Waals surface area (Å²) in [6, 6.07) is -3.73. The lowest BCUT2D eigenvalue weighted by molar-refractivity contribution is -0.145. The molecular weight excluding hydrogens is 546 g/mol. The van der Waals surface area contributed by atoms with E-state index in [0.717, 1.165) is 0 Å². The van der Waals surface area contributed by atoms with E-state index < -0.39 is 77.4 Å². The Morgan fingerprint density at radius 3 is 1.50 bits per heavy atom. The third-order valence-electron chi connectivity index (χ3n) is 6.99. The van der Waals surface area contributed by atoms with Gasteiger partial charge >= 0.3 is 12.1 Å². The second-order valence-corrected chi connectivity index (χ2v) is 11.7. The van der Waals surface area contributed by atoms with Crippen molar-refractivity contribution in [2.75, 3.05) is 7.11 Å². The number of amides is 5. The van der Waals surface area contributed by atoms with Crippen LogP contribution in [0.3, 0.4) is 0 Å². The Balaban J connectivity index is 1.96. The summed E-state index contributed by atoms with van der Waals surface area (Å²) >= 11 is 0. The molecule has 0 unspecified atom stereocenters. The number of ether oxygens (including phenoxy) is 2. The quantitative estimate of drug-likeness (QED) is 0.184. The van der Waals surface area contributed by atoms with Crippen molar-refractivity contribution >= 4 is 35.7 Å². The van der Waals surface area contributed by atoms with Crippen LogP contribution >= 0.6 is 0 Å². The highest BCUT2D eigenvalue weighted by Crippen LogP contribution is 2.22. The summed E-state index contributed by atoms with van der Waals surface area (Å²) in [5.74, 6) is -3.56. The van der Waals surface area contributed by atoms with Crippen LogP contribution in [0, 0.1) is 11.8 Å². The molecule has 5 N–H and O–H groups in total. The first-order valence-corrected chi connectivity index (χ1v) is 14.2. The summed E-state index contributed by atoms with van der Waals surface area (Å²) in [5.41, 5.74) is -0.718. The Hall–Kier alpha value is -3.90. The first kappa shape index (κ1) is 34.3. The molecular formula is C29H45N5O8. The average Bonchev–Trinajstić information content (AvgIpc) is 2.91. The number of carbonyl (C=O) groups excluding carboxylic acids is 6. The lowest BCUT2D eigenvalue weighted by Gasteiger charge is -2.32. The lowest BCUT2D eigenvalue weighted by atomic mass is 9.87. The van der Waals surface area contributed by atoms with E-state index in [1.54, 1.807) is 27.7 Å². The van der Waals surface area contributed by atoms with Crippen molar-refractivity contribution in [2.24, 2.45) is 11.8 Å². The van der Waals surface area contributed by atoms with E-state index in [1.807, 2.05) is 24.3 Å². The Bertz CT molecular complexity index is 1080. The maximum Gasteiger partial charge on any atom is 0.408 e. The fourth-order valence-electron chi connectivity index (χ4n) is 4.63. The summed E-state index contributed by atoms with van der Waals surface area (Å²) in [5, 5.41) is 13.5. The molecule has 0 aromatic carbocycles. The molecule has 2 aliphatic carbocycles. The van der Waals surface area contributed by atoms with Gasteiger partial charge in [-0.05, 0) is 67.2 Å². The summed E-state index contributed by atoms with van der Waals surface area (Å²) in [6.07, 6.45) is 8.22. The van der Waals surface area contributed by atoms with Gasteiger partial charge in [0.05, 0.1) is 18.9 Å². The number of carbonyl (C=O) groups is 6. The third-order valence-corrected chi connectivity index (χ3v) is 6.99. The van der Waals surface area contributed by atoms with Gasteiger partial charge in [0.25, 0.3) is 0 Å². The van der Waals surface area contributed by atoms with Crippen LogP contribution in [-0.4, -0.2) is 78.6 Å². The lowest BCUT2D eigenvalue weighted by Crippen LogP contribution is -2.56. The molecule has 13 heteroatoms. The van der Waals surface area contributed by atoms with E-state index in [0.29, 0.717) is 25.7 Å². The minimum Gasteiger partial charge on any atom is -0.467 e. The molecule has 5 amide bonds. The second-order valence-electron chi connectivity index (χ2n) is 11.7. The molecule has 0 aliphatic heterocycles. The van der Waals surface area contributed by atoms with Gasteiger partial charge in [0, 0.05) is 12.1 Å². The van der Waals surface area contributed by atoms with Crippen molar-refractivity contribution in [2.45, 2.75) is 103 Å². The number of allylic oxidation sites excluding steroid dienone is 2. The number of alkyl carbamates (subject to hydrolysis) is 1. The van der Waals surface area contributed by atoms with Crippen LogP contribution in [0.4, 0.5) is 4.79 Å². The van der Waals surface area contributed by atoms with Gasteiger partial charge in [-0.1, -0.05) is 24.3 Å². The number of nitrogens with one attached hydrogen (secondary N) is 5. The Kier molecular flexibility index (Phi) is 12.5. The zero-order valence-corrected chi connectivity index (χ0v) is 25.4. The van der Waals surface area contributed by atoms with Gasteiger partial charge in [0.2, 0.25) is 23.6 Å². The number of methoxy groups -OCH3 is 1. The Labute approximate surface area is 247 Å². The highest BCUT2D eigenvalue weighted by atomic mass is 16.6. The summed E-state index contributed by atoms with van der Waals surface area (Å²) in [7, 11) is 1.23. The molecule has 0 aromatic heterocycles. The fourth-order valence-corrected chi connectivity index (χ4v) is 4.63. The maximum atomic E-state index is 13.2. The van der Waals surface area contributed by atoms with Crippen molar-refractivity contribution in [3.63, 3.8) is 0 Å². The molecule has 2 rings (SSSR count). The topological polar surface area (TPSA) is 181 Å². The molecule has 7 atom stereocenters. The van der Waals surface area contributed by atoms with Crippen molar-refractivity contribution in [3.8, 4) is 0 Å². The predicted molar refractivity (Wildman–Crippen MR) is 154 cm³/mol. The van der Waals surface area contributed by atoms with Crippen LogP contribution in [0.25, 0.3) is 0 Å². The second kappa shape index (κ2) is 15.4. The van der Waals surface area contributed by atoms with Crippen molar-refractivity contribution < 1.29 is 38.2 Å². The minimum atomic E-state index is -0.920. The molecule has 0 radical (unpaired) electrons. The molecule has 0 bridgehead atoms. The first-order valence-electron chi connectivity index (χ1n) is 14.2. The normalized spacial score (nSPS) is 23.8. The molecule has 2 aliphatic rings. The van der Waals surface area contributed by atoms with Gasteiger partial charge < -0.3 is 36.1 Å². The Morgan fingerprint density at radius 1 is 0.667 bits per heavy atom. The van der Waals surface area contributed by atoms with Gasteiger partial charge in [0.15, 0.2) is 0 Å². The van der Waals surface area contributed by atoms with Crippen LogP contribution < -0.4 is 26.6 Å². The molecule has 0 fully saturated rings. The molecule has 0 spiro atoms. The largest absolute Gasteiger partial charge is 0.467 e. The Morgan fingerprint density at radius 2 is 1.07 bits per heavy atom. The number of hydrogen-bond acceptors (Lipinski definition) is 8. The molecule has 13 nitrogen and oxygen atoms in total. The van der Waals surface area contributed by atoms with Crippen molar-refractivity contribution in [1.82, 2.24) is 26.6 Å². The van der Waals surface area contributed by atoms with Crippen LogP contribution in [0.15, 0.2) is 24.3 Å². The molecule has 234 valence electrons. The van der Waals surface area contributed by atoms with Gasteiger partial charge in [-0.25, -0.2) is 9.59 Å². The van der Waals surface area contributed by atoms with Crippen LogP contribution in [0.5, 0.6) is 0 Å². The van der Waals surface area contributed by atoms with Gasteiger partial charge in [-0.3, -0.25) is 19.2 Å². The number of rotatable bonds is 10. The van der Waals surface area contributed by atoms with Crippen molar-refractivity contribution in [3.05, 3.63) is 24.3 Å². The van der Waals surface area contributed by atoms with Gasteiger partial charge in [-0.15, -0.1) is 0 Å². The zero-order chi connectivity index (χ0) is 31.6. The highest BCUT2D eigenvalue weighted by molar-refractivity contribution is 5.91. The molecule has 0 heterocycles. The average molecular weight is 592 g/mol. The van der Waals surface area contributed by atoms with E-state index in [2.05, 4.69) is 31.3 Å². The third kappa shape index (κ3) is 10.5. The van der Waals surface area contributed by atoms with Gasteiger partial charge in [-0.2, -0.15) is 0 Å². The number of esters is 1. The van der Waals surface area contributed by atoms with E-state index >= 15 is 0 Å². The minimum absolute atomic E-state index is 0.354. The maximum absolute atomic E-state index is 13.2. The fraction of sp³-hybridized carbons (Fsp3) is 0.655. The summed E-state index contributed by atoms with van der Waals surface area (Å²) in [4.78, 5) is 75.6. The van der Waals surface area contributed by atoms with E-state index in [4.69, 9.17) is 4.74 Å². The standard InChI is InChI=1S/C29H45N5O8/c1-16(23(35)33-22-15-11-9-13-20(22)26(38)31-18(3)27(39)41-7)30-25(37)19-12-8-10-14-21(19)34-24(36)17(2)32-28(40)42-29(4,5)6/h8-11,16-22H,12-15H2,1-7H3,(H,30,37)(H,31,38)(H,32,40)(H,33,35)(H,34,36)/t16-,17-,18-,19-,20-,21+,22+/m0/s1. The SMILES string of the molecule is COC(=O)[C@H](C)NC(=O)[C@H]1CC=CC[C@H]1NC(=O)[C@H](C)NC(=O)[C@H]1CC=CC[C@H]1NC(=O)[C@H](C)NC(=O)OC(C)(C)C. The van der Waals surface area contributed by atoms with Crippen LogP contribution in [-0.2, 0) is 33.4 Å². The smallest absolute Gasteiger partial charge is 0.408 e. The summed E-state index contributed by atoms with van der Waals surface area (Å²) in [6.45, 7) is 9.72.